The van der Waals surface area contributed by atoms with E-state index in [0.29, 0.717) is 22.8 Å². The fraction of sp³-hybridized carbons (Fsp3) is 0.333. The summed E-state index contributed by atoms with van der Waals surface area (Å²) in [6.07, 6.45) is 0.745. The van der Waals surface area contributed by atoms with E-state index in [2.05, 4.69) is 17.9 Å². The van der Waals surface area contributed by atoms with Gasteiger partial charge in [-0.15, -0.1) is 12.4 Å². The summed E-state index contributed by atoms with van der Waals surface area (Å²) in [6.45, 7) is 5.05. The number of anilines is 1. The molecule has 2 heterocycles. The molecular formula is C24H27ClN4O3S. The molecule has 0 atom stereocenters. The van der Waals surface area contributed by atoms with E-state index in [1.54, 1.807) is 29.2 Å². The Morgan fingerprint density at radius 2 is 1.61 bits per heavy atom. The number of hydrogen-bond donors (Lipinski definition) is 0. The Labute approximate surface area is 203 Å². The molecule has 0 radical (unpaired) electrons. The highest BCUT2D eigenvalue weighted by Crippen LogP contribution is 2.31. The van der Waals surface area contributed by atoms with Crippen LogP contribution in [0.4, 0.5) is 5.13 Å². The topological polar surface area (TPSA) is 73.8 Å². The van der Waals surface area contributed by atoms with Crippen LogP contribution in [0.3, 0.4) is 0 Å². The van der Waals surface area contributed by atoms with Gasteiger partial charge in [-0.3, -0.25) is 24.2 Å². The van der Waals surface area contributed by atoms with Crippen LogP contribution in [0.25, 0.3) is 10.2 Å². The number of halogens is 1. The van der Waals surface area contributed by atoms with Crippen molar-refractivity contribution in [3.8, 4) is 0 Å². The molecule has 174 valence electrons. The second-order valence-corrected chi connectivity index (χ2v) is 9.35. The molecule has 1 aliphatic heterocycles. The third-order valence-electron chi connectivity index (χ3n) is 5.68. The molecular weight excluding hydrogens is 460 g/mol. The fourth-order valence-corrected chi connectivity index (χ4v) is 4.85. The summed E-state index contributed by atoms with van der Waals surface area (Å²) >= 11 is 1.45. The SMILES string of the molecule is Cc1cc2nc(N(CCCN(C)C)C(=O)CN3C(=O)c4ccccc4C3=O)sc2cc1C.Cl. The van der Waals surface area contributed by atoms with E-state index >= 15 is 0 Å². The highest BCUT2D eigenvalue weighted by molar-refractivity contribution is 7.22. The van der Waals surface area contributed by atoms with Gasteiger partial charge in [-0.2, -0.15) is 0 Å². The van der Waals surface area contributed by atoms with Crippen LogP contribution in [0.1, 0.15) is 38.3 Å². The van der Waals surface area contributed by atoms with Gasteiger partial charge in [-0.25, -0.2) is 4.98 Å². The number of rotatable bonds is 7. The van der Waals surface area contributed by atoms with Gasteiger partial charge in [0.05, 0.1) is 21.3 Å². The molecule has 0 bridgehead atoms. The van der Waals surface area contributed by atoms with Crippen molar-refractivity contribution in [1.29, 1.82) is 0 Å². The standard InChI is InChI=1S/C24H26N4O3S.ClH/c1-15-12-19-20(13-16(15)2)32-24(25-19)27(11-7-10-26(3)4)21(29)14-28-22(30)17-8-5-6-9-18(17)23(28)31;/h5-6,8-9,12-13H,7,10-11,14H2,1-4H3;1H. The van der Waals surface area contributed by atoms with Crippen LogP contribution in [0, 0.1) is 13.8 Å². The monoisotopic (exact) mass is 486 g/mol. The van der Waals surface area contributed by atoms with Crippen molar-refractivity contribution in [2.75, 3.05) is 38.6 Å². The Morgan fingerprint density at radius 1 is 1.00 bits per heavy atom. The maximum atomic E-state index is 13.4. The number of amides is 3. The lowest BCUT2D eigenvalue weighted by molar-refractivity contribution is -0.119. The second kappa shape index (κ2) is 9.99. The van der Waals surface area contributed by atoms with Crippen molar-refractivity contribution in [3.63, 3.8) is 0 Å². The number of aryl methyl sites for hydroxylation is 2. The van der Waals surface area contributed by atoms with Crippen LogP contribution in [-0.2, 0) is 4.79 Å². The van der Waals surface area contributed by atoms with Crippen molar-refractivity contribution in [2.45, 2.75) is 20.3 Å². The predicted octanol–water partition coefficient (Wildman–Crippen LogP) is 3.92. The summed E-state index contributed by atoms with van der Waals surface area (Å²) < 4.78 is 1.01. The number of imide groups is 1. The van der Waals surface area contributed by atoms with E-state index in [0.717, 1.165) is 33.6 Å². The summed E-state index contributed by atoms with van der Waals surface area (Å²) in [7, 11) is 3.96. The predicted molar refractivity (Wildman–Crippen MR) is 134 cm³/mol. The summed E-state index contributed by atoms with van der Waals surface area (Å²) in [5.41, 5.74) is 3.85. The average Bonchev–Trinajstić information content (AvgIpc) is 3.25. The Kier molecular flexibility index (Phi) is 7.51. The van der Waals surface area contributed by atoms with Crippen molar-refractivity contribution in [3.05, 3.63) is 58.7 Å². The zero-order valence-electron chi connectivity index (χ0n) is 19.1. The maximum Gasteiger partial charge on any atom is 0.262 e. The van der Waals surface area contributed by atoms with Gasteiger partial charge in [0.25, 0.3) is 11.8 Å². The number of nitrogens with zero attached hydrogens (tertiary/aromatic N) is 4. The molecule has 0 saturated heterocycles. The van der Waals surface area contributed by atoms with Gasteiger partial charge >= 0.3 is 0 Å². The molecule has 2 aromatic carbocycles. The van der Waals surface area contributed by atoms with E-state index in [9.17, 15) is 14.4 Å². The van der Waals surface area contributed by atoms with Gasteiger partial charge in [-0.05, 0) is 76.3 Å². The quantitative estimate of drug-likeness (QED) is 0.473. The number of aromatic nitrogens is 1. The lowest BCUT2D eigenvalue weighted by Crippen LogP contribution is -2.43. The van der Waals surface area contributed by atoms with E-state index in [1.807, 2.05) is 27.1 Å². The van der Waals surface area contributed by atoms with E-state index in [1.165, 1.54) is 16.9 Å². The smallest absolute Gasteiger partial charge is 0.262 e. The van der Waals surface area contributed by atoms with Crippen molar-refractivity contribution in [1.82, 2.24) is 14.8 Å². The first-order chi connectivity index (χ1) is 15.3. The molecule has 0 aliphatic carbocycles. The van der Waals surface area contributed by atoms with Crippen molar-refractivity contribution in [2.24, 2.45) is 0 Å². The lowest BCUT2D eigenvalue weighted by Gasteiger charge is -2.23. The molecule has 9 heteroatoms. The normalized spacial score (nSPS) is 12.9. The molecule has 0 N–H and O–H groups in total. The van der Waals surface area contributed by atoms with Gasteiger partial charge in [-0.1, -0.05) is 23.5 Å². The number of carbonyl (C=O) groups excluding carboxylic acids is 3. The largest absolute Gasteiger partial charge is 0.309 e. The van der Waals surface area contributed by atoms with Crippen LogP contribution < -0.4 is 4.90 Å². The molecule has 1 aliphatic rings. The minimum absolute atomic E-state index is 0. The van der Waals surface area contributed by atoms with Crippen molar-refractivity contribution < 1.29 is 14.4 Å². The van der Waals surface area contributed by atoms with Crippen LogP contribution in [0.2, 0.25) is 0 Å². The Morgan fingerprint density at radius 3 is 2.21 bits per heavy atom. The minimum Gasteiger partial charge on any atom is -0.309 e. The summed E-state index contributed by atoms with van der Waals surface area (Å²) in [5.74, 6) is -1.17. The van der Waals surface area contributed by atoms with Gasteiger partial charge in [0.2, 0.25) is 5.91 Å². The van der Waals surface area contributed by atoms with Crippen LogP contribution >= 0.6 is 23.7 Å². The van der Waals surface area contributed by atoms with E-state index < -0.39 is 11.8 Å². The zero-order valence-corrected chi connectivity index (χ0v) is 20.8. The molecule has 4 rings (SSSR count). The number of carbonyl (C=O) groups is 3. The highest BCUT2D eigenvalue weighted by atomic mass is 35.5. The van der Waals surface area contributed by atoms with Crippen LogP contribution in [-0.4, -0.2) is 66.2 Å². The third kappa shape index (κ3) is 4.93. The highest BCUT2D eigenvalue weighted by Gasteiger charge is 2.37. The first kappa shape index (κ1) is 24.8. The maximum absolute atomic E-state index is 13.4. The second-order valence-electron chi connectivity index (χ2n) is 8.34. The molecule has 0 fully saturated rings. The first-order valence-corrected chi connectivity index (χ1v) is 11.4. The molecule has 7 nitrogen and oxygen atoms in total. The fourth-order valence-electron chi connectivity index (χ4n) is 3.76. The minimum atomic E-state index is -0.428. The summed E-state index contributed by atoms with van der Waals surface area (Å²) in [5, 5.41) is 0.588. The summed E-state index contributed by atoms with van der Waals surface area (Å²) in [6, 6.07) is 10.8. The van der Waals surface area contributed by atoms with E-state index in [4.69, 9.17) is 4.98 Å². The summed E-state index contributed by atoms with van der Waals surface area (Å²) in [4.78, 5) is 48.2. The molecule has 33 heavy (non-hydrogen) atoms. The Balaban J connectivity index is 0.00000306. The Bertz CT molecular complexity index is 1150. The van der Waals surface area contributed by atoms with Gasteiger partial charge in [0.15, 0.2) is 5.13 Å². The van der Waals surface area contributed by atoms with Crippen LogP contribution in [0.15, 0.2) is 36.4 Å². The molecule has 1 aromatic heterocycles. The number of hydrogen-bond acceptors (Lipinski definition) is 6. The van der Waals surface area contributed by atoms with Gasteiger partial charge < -0.3 is 4.90 Å². The zero-order chi connectivity index (χ0) is 23.0. The molecule has 0 saturated carbocycles. The Hall–Kier alpha value is -2.81. The van der Waals surface area contributed by atoms with Gasteiger partial charge in [0.1, 0.15) is 6.54 Å². The average molecular weight is 487 g/mol. The molecule has 0 spiro atoms. The molecule has 3 amide bonds. The first-order valence-electron chi connectivity index (χ1n) is 10.5. The number of fused-ring (bicyclic) bond motifs is 2. The third-order valence-corrected chi connectivity index (χ3v) is 6.72. The number of thiazole rings is 1. The van der Waals surface area contributed by atoms with Crippen molar-refractivity contribution >= 4 is 56.8 Å². The molecule has 0 unspecified atom stereocenters. The molecule has 3 aromatic rings. The lowest BCUT2D eigenvalue weighted by atomic mass is 10.1. The number of benzene rings is 2. The van der Waals surface area contributed by atoms with E-state index in [-0.39, 0.29) is 24.9 Å². The van der Waals surface area contributed by atoms with Gasteiger partial charge in [0, 0.05) is 6.54 Å². The van der Waals surface area contributed by atoms with Crippen LogP contribution in [0.5, 0.6) is 0 Å².